The number of ether oxygens (including phenoxy) is 2. The van der Waals surface area contributed by atoms with Crippen LogP contribution in [0.5, 0.6) is 0 Å². The van der Waals surface area contributed by atoms with Gasteiger partial charge in [-0.2, -0.15) is 0 Å². The molecule has 0 unspecified atom stereocenters. The van der Waals surface area contributed by atoms with Crippen molar-refractivity contribution in [3.63, 3.8) is 0 Å². The predicted molar refractivity (Wildman–Crippen MR) is 61.5 cm³/mol. The Hall–Kier alpha value is 0.350. The van der Waals surface area contributed by atoms with Gasteiger partial charge in [0.15, 0.2) is 6.29 Å². The fourth-order valence-electron chi connectivity index (χ4n) is 1.23. The summed E-state index contributed by atoms with van der Waals surface area (Å²) in [4.78, 5) is 0. The van der Waals surface area contributed by atoms with Gasteiger partial charge in [0.2, 0.25) is 0 Å². The summed E-state index contributed by atoms with van der Waals surface area (Å²) in [7, 11) is 0. The molecule has 0 saturated carbocycles. The third kappa shape index (κ3) is 2.23. The van der Waals surface area contributed by atoms with E-state index in [1.807, 2.05) is 12.1 Å². The molecule has 0 aliphatic carbocycles. The third-order valence-electron chi connectivity index (χ3n) is 1.84. The molecule has 13 heavy (non-hydrogen) atoms. The third-order valence-corrected chi connectivity index (χ3v) is 3.20. The first-order valence-corrected chi connectivity index (χ1v) is 5.83. The standard InChI is InChI=1S/C9H8BrIO2/c10-8-5-6(11)1-2-7(8)9-12-3-4-13-9/h1-2,5,9H,3-4H2. The summed E-state index contributed by atoms with van der Waals surface area (Å²) in [6.45, 7) is 1.37. The van der Waals surface area contributed by atoms with Crippen molar-refractivity contribution in [2.75, 3.05) is 13.2 Å². The Morgan fingerprint density at radius 3 is 2.62 bits per heavy atom. The van der Waals surface area contributed by atoms with E-state index in [1.165, 1.54) is 3.57 Å². The summed E-state index contributed by atoms with van der Waals surface area (Å²) < 4.78 is 13.1. The van der Waals surface area contributed by atoms with Crippen molar-refractivity contribution < 1.29 is 9.47 Å². The molecule has 1 aliphatic heterocycles. The monoisotopic (exact) mass is 354 g/mol. The quantitative estimate of drug-likeness (QED) is 0.721. The average molecular weight is 355 g/mol. The Morgan fingerprint density at radius 2 is 2.00 bits per heavy atom. The average Bonchev–Trinajstić information content (AvgIpc) is 2.56. The van der Waals surface area contributed by atoms with Crippen LogP contribution in [0.25, 0.3) is 0 Å². The van der Waals surface area contributed by atoms with Gasteiger partial charge in [0.25, 0.3) is 0 Å². The Balaban J connectivity index is 2.29. The van der Waals surface area contributed by atoms with Crippen molar-refractivity contribution >= 4 is 38.5 Å². The molecule has 70 valence electrons. The van der Waals surface area contributed by atoms with E-state index in [-0.39, 0.29) is 6.29 Å². The van der Waals surface area contributed by atoms with Crippen molar-refractivity contribution in [2.24, 2.45) is 0 Å². The topological polar surface area (TPSA) is 18.5 Å². The number of halogens is 2. The van der Waals surface area contributed by atoms with Crippen LogP contribution in [0.1, 0.15) is 11.9 Å². The zero-order valence-electron chi connectivity index (χ0n) is 6.80. The number of rotatable bonds is 1. The SMILES string of the molecule is Brc1cc(I)ccc1C1OCCO1. The Bertz CT molecular complexity index is 310. The van der Waals surface area contributed by atoms with Gasteiger partial charge >= 0.3 is 0 Å². The molecule has 1 aromatic carbocycles. The lowest BCUT2D eigenvalue weighted by Gasteiger charge is -2.11. The van der Waals surface area contributed by atoms with Gasteiger partial charge in [-0.1, -0.05) is 22.0 Å². The van der Waals surface area contributed by atoms with E-state index >= 15 is 0 Å². The largest absolute Gasteiger partial charge is 0.346 e. The highest BCUT2D eigenvalue weighted by Crippen LogP contribution is 2.30. The normalized spacial score (nSPS) is 18.0. The number of hydrogen-bond donors (Lipinski definition) is 0. The van der Waals surface area contributed by atoms with Crippen LogP contribution in [0.4, 0.5) is 0 Å². The van der Waals surface area contributed by atoms with Gasteiger partial charge in [-0.15, -0.1) is 0 Å². The molecular formula is C9H8BrIO2. The highest BCUT2D eigenvalue weighted by molar-refractivity contribution is 14.1. The van der Waals surface area contributed by atoms with Gasteiger partial charge in [-0.25, -0.2) is 0 Å². The zero-order valence-corrected chi connectivity index (χ0v) is 10.5. The lowest BCUT2D eigenvalue weighted by Crippen LogP contribution is -1.98. The summed E-state index contributed by atoms with van der Waals surface area (Å²) in [5.74, 6) is 0. The number of hydrogen-bond acceptors (Lipinski definition) is 2. The van der Waals surface area contributed by atoms with Gasteiger partial charge in [0.1, 0.15) is 0 Å². The van der Waals surface area contributed by atoms with E-state index in [2.05, 4.69) is 44.6 Å². The summed E-state index contributed by atoms with van der Waals surface area (Å²) in [5, 5.41) is 0. The highest BCUT2D eigenvalue weighted by Gasteiger charge is 2.20. The van der Waals surface area contributed by atoms with E-state index in [4.69, 9.17) is 9.47 Å². The molecule has 0 atom stereocenters. The van der Waals surface area contributed by atoms with E-state index in [0.29, 0.717) is 13.2 Å². The summed E-state index contributed by atoms with van der Waals surface area (Å²) in [5.41, 5.74) is 1.07. The van der Waals surface area contributed by atoms with E-state index in [9.17, 15) is 0 Å². The second-order valence-electron chi connectivity index (χ2n) is 2.74. The summed E-state index contributed by atoms with van der Waals surface area (Å²) in [6, 6.07) is 6.13. The minimum Gasteiger partial charge on any atom is -0.346 e. The molecular weight excluding hydrogens is 347 g/mol. The molecule has 1 saturated heterocycles. The first kappa shape index (κ1) is 9.89. The first-order valence-electron chi connectivity index (χ1n) is 3.95. The van der Waals surface area contributed by atoms with Gasteiger partial charge in [0.05, 0.1) is 13.2 Å². The molecule has 4 heteroatoms. The van der Waals surface area contributed by atoms with Crippen LogP contribution >= 0.6 is 38.5 Å². The van der Waals surface area contributed by atoms with Crippen LogP contribution in [0.2, 0.25) is 0 Å². The molecule has 1 aliphatic rings. The predicted octanol–water partition coefficient (Wildman–Crippen LogP) is 3.10. The van der Waals surface area contributed by atoms with Crippen LogP contribution in [-0.2, 0) is 9.47 Å². The van der Waals surface area contributed by atoms with Gasteiger partial charge in [0, 0.05) is 13.6 Å². The van der Waals surface area contributed by atoms with Crippen LogP contribution in [0.3, 0.4) is 0 Å². The van der Waals surface area contributed by atoms with Gasteiger partial charge < -0.3 is 9.47 Å². The van der Waals surface area contributed by atoms with Crippen LogP contribution in [0, 0.1) is 3.57 Å². The van der Waals surface area contributed by atoms with Crippen LogP contribution in [0.15, 0.2) is 22.7 Å². The Kier molecular flexibility index (Phi) is 3.23. The first-order chi connectivity index (χ1) is 6.27. The molecule has 1 aromatic rings. The summed E-state index contributed by atoms with van der Waals surface area (Å²) in [6.07, 6.45) is -0.189. The van der Waals surface area contributed by atoms with Crippen LogP contribution < -0.4 is 0 Å². The van der Waals surface area contributed by atoms with E-state index < -0.39 is 0 Å². The molecule has 0 radical (unpaired) electrons. The van der Waals surface area contributed by atoms with Crippen molar-refractivity contribution in [3.8, 4) is 0 Å². The van der Waals surface area contributed by atoms with E-state index in [1.54, 1.807) is 0 Å². The second kappa shape index (κ2) is 4.25. The molecule has 1 heterocycles. The minimum absolute atomic E-state index is 0.189. The lowest BCUT2D eigenvalue weighted by atomic mass is 10.2. The fraction of sp³-hybridized carbons (Fsp3) is 0.333. The van der Waals surface area contributed by atoms with Crippen LogP contribution in [-0.4, -0.2) is 13.2 Å². The maximum Gasteiger partial charge on any atom is 0.185 e. The lowest BCUT2D eigenvalue weighted by molar-refractivity contribution is -0.0446. The van der Waals surface area contributed by atoms with E-state index in [0.717, 1.165) is 10.0 Å². The van der Waals surface area contributed by atoms with Gasteiger partial charge in [-0.05, 0) is 34.7 Å². The molecule has 0 spiro atoms. The molecule has 1 fully saturated rings. The molecule has 0 bridgehead atoms. The Morgan fingerprint density at radius 1 is 1.31 bits per heavy atom. The molecule has 0 N–H and O–H groups in total. The Labute approximate surface area is 98.9 Å². The minimum atomic E-state index is -0.189. The maximum atomic E-state index is 5.41. The summed E-state index contributed by atoms with van der Waals surface area (Å²) >= 11 is 5.77. The molecule has 2 nitrogen and oxygen atoms in total. The smallest absolute Gasteiger partial charge is 0.185 e. The van der Waals surface area contributed by atoms with Crippen molar-refractivity contribution in [1.29, 1.82) is 0 Å². The molecule has 0 aromatic heterocycles. The molecule has 2 rings (SSSR count). The number of benzene rings is 1. The molecule has 0 amide bonds. The second-order valence-corrected chi connectivity index (χ2v) is 4.84. The van der Waals surface area contributed by atoms with Crippen molar-refractivity contribution in [3.05, 3.63) is 31.8 Å². The zero-order chi connectivity index (χ0) is 9.26. The van der Waals surface area contributed by atoms with Crippen molar-refractivity contribution in [1.82, 2.24) is 0 Å². The highest BCUT2D eigenvalue weighted by atomic mass is 127. The fourth-order valence-corrected chi connectivity index (χ4v) is 2.72. The van der Waals surface area contributed by atoms with Crippen molar-refractivity contribution in [2.45, 2.75) is 6.29 Å². The van der Waals surface area contributed by atoms with Gasteiger partial charge in [-0.3, -0.25) is 0 Å². The maximum absolute atomic E-state index is 5.41.